The van der Waals surface area contributed by atoms with Crippen LogP contribution >= 0.6 is 0 Å². The fraction of sp³-hybridized carbons (Fsp3) is 0.417. The Bertz CT molecular complexity index is 1300. The Hall–Kier alpha value is -3.55. The highest BCUT2D eigenvalue weighted by Crippen LogP contribution is 2.40. The molecule has 0 radical (unpaired) electrons. The van der Waals surface area contributed by atoms with Crippen molar-refractivity contribution in [3.8, 4) is 5.75 Å². The number of anilines is 2. The Morgan fingerprint density at radius 1 is 1.16 bits per heavy atom. The number of amides is 2. The number of alkyl halides is 3. The number of ether oxygens (including phenoxy) is 2. The average molecular weight is 562 g/mol. The van der Waals surface area contributed by atoms with Crippen molar-refractivity contribution in [1.82, 2.24) is 5.32 Å². The second-order valence-corrected chi connectivity index (χ2v) is 10.9. The Morgan fingerprint density at radius 2 is 1.79 bits per heavy atom. The van der Waals surface area contributed by atoms with Gasteiger partial charge in [0.05, 0.1) is 23.2 Å². The van der Waals surface area contributed by atoms with Gasteiger partial charge >= 0.3 is 12.3 Å². The summed E-state index contributed by atoms with van der Waals surface area (Å²) >= 11 is 0. The van der Waals surface area contributed by atoms with Gasteiger partial charge in [0.25, 0.3) is 10.0 Å². The summed E-state index contributed by atoms with van der Waals surface area (Å²) in [5, 5.41) is 4.89. The second-order valence-electron chi connectivity index (χ2n) is 9.07. The maximum absolute atomic E-state index is 13.6. The zero-order valence-corrected chi connectivity index (χ0v) is 21.7. The first-order valence-corrected chi connectivity index (χ1v) is 12.9. The summed E-state index contributed by atoms with van der Waals surface area (Å²) < 4.78 is 91.4. The molecule has 0 aliphatic carbocycles. The molecule has 9 nitrogen and oxygen atoms in total. The number of carbonyl (C=O) groups excluding carboxylic acids is 2. The second kappa shape index (κ2) is 10.7. The van der Waals surface area contributed by atoms with Crippen molar-refractivity contribution < 1.29 is 45.0 Å². The van der Waals surface area contributed by atoms with Crippen LogP contribution in [0.4, 0.5) is 33.7 Å². The Labute approximate surface area is 217 Å². The summed E-state index contributed by atoms with van der Waals surface area (Å²) in [4.78, 5) is 23.6. The minimum atomic E-state index is -4.83. The lowest BCUT2D eigenvalue weighted by atomic mass is 10.1. The molecular weight excluding hydrogens is 534 g/mol. The lowest BCUT2D eigenvalue weighted by Crippen LogP contribution is -2.53. The zero-order chi connectivity index (χ0) is 28.5. The van der Waals surface area contributed by atoms with E-state index in [9.17, 15) is 35.6 Å². The van der Waals surface area contributed by atoms with Gasteiger partial charge in [0.15, 0.2) is 0 Å². The lowest BCUT2D eigenvalue weighted by Gasteiger charge is -2.38. The summed E-state index contributed by atoms with van der Waals surface area (Å²) in [6.45, 7) is 4.19. The molecule has 3 rings (SSSR count). The molecule has 38 heavy (non-hydrogen) atoms. The Balaban J connectivity index is 2.00. The van der Waals surface area contributed by atoms with Gasteiger partial charge < -0.3 is 14.8 Å². The average Bonchev–Trinajstić information content (AvgIpc) is 2.80. The number of nitrogens with zero attached hydrogens (tertiary/aromatic N) is 1. The van der Waals surface area contributed by atoms with E-state index in [2.05, 4.69) is 15.4 Å². The molecule has 1 aliphatic heterocycles. The van der Waals surface area contributed by atoms with Gasteiger partial charge in [0, 0.05) is 12.6 Å². The van der Waals surface area contributed by atoms with Crippen LogP contribution in [0.5, 0.6) is 5.75 Å². The molecule has 0 bridgehead atoms. The summed E-state index contributed by atoms with van der Waals surface area (Å²) in [6, 6.07) is 7.39. The number of carbonyl (C=O) groups is 2. The Morgan fingerprint density at radius 3 is 2.34 bits per heavy atom. The molecule has 0 saturated heterocycles. The monoisotopic (exact) mass is 561 g/mol. The zero-order valence-electron chi connectivity index (χ0n) is 20.9. The molecule has 0 aromatic heterocycles. The fourth-order valence-corrected chi connectivity index (χ4v) is 5.15. The van der Waals surface area contributed by atoms with E-state index in [4.69, 9.17) is 4.74 Å². The van der Waals surface area contributed by atoms with E-state index < -0.39 is 45.9 Å². The lowest BCUT2D eigenvalue weighted by molar-refractivity contribution is -0.242. The molecule has 208 valence electrons. The number of hydrogen-bond acceptors (Lipinski definition) is 6. The van der Waals surface area contributed by atoms with Crippen molar-refractivity contribution >= 4 is 33.4 Å². The molecule has 2 aromatic carbocycles. The van der Waals surface area contributed by atoms with Crippen LogP contribution in [-0.4, -0.2) is 50.9 Å². The summed E-state index contributed by atoms with van der Waals surface area (Å²) in [5.74, 6) is -0.919. The molecule has 2 N–H and O–H groups in total. The molecule has 2 atom stereocenters. The highest BCUT2D eigenvalue weighted by molar-refractivity contribution is 7.92. The van der Waals surface area contributed by atoms with Gasteiger partial charge in [-0.25, -0.2) is 17.6 Å². The van der Waals surface area contributed by atoms with Crippen molar-refractivity contribution in [2.24, 2.45) is 0 Å². The van der Waals surface area contributed by atoms with Crippen molar-refractivity contribution in [3.05, 3.63) is 48.3 Å². The maximum Gasteiger partial charge on any atom is 0.427 e. The number of hydrogen-bond donors (Lipinski definition) is 2. The fourth-order valence-electron chi connectivity index (χ4n) is 3.67. The predicted octanol–water partition coefficient (Wildman–Crippen LogP) is 4.59. The van der Waals surface area contributed by atoms with E-state index in [0.717, 1.165) is 28.6 Å². The first-order chi connectivity index (χ1) is 17.5. The third-order valence-corrected chi connectivity index (χ3v) is 7.60. The van der Waals surface area contributed by atoms with Gasteiger partial charge in [-0.05, 0) is 62.7 Å². The number of nitrogens with one attached hydrogen (secondary N) is 2. The largest absolute Gasteiger partial charge is 0.484 e. The van der Waals surface area contributed by atoms with Gasteiger partial charge in [-0.1, -0.05) is 6.92 Å². The minimum Gasteiger partial charge on any atom is -0.484 e. The molecule has 0 saturated carbocycles. The number of rotatable bonds is 7. The molecular formula is C24H27F4N3O6S. The van der Waals surface area contributed by atoms with Crippen LogP contribution in [0.25, 0.3) is 0 Å². The van der Waals surface area contributed by atoms with Crippen LogP contribution in [0.3, 0.4) is 0 Å². The van der Waals surface area contributed by atoms with Crippen LogP contribution in [0.15, 0.2) is 47.4 Å². The molecule has 2 amide bonds. The maximum atomic E-state index is 13.6. The predicted molar refractivity (Wildman–Crippen MR) is 130 cm³/mol. The molecule has 1 heterocycles. The highest BCUT2D eigenvalue weighted by atomic mass is 32.2. The summed E-state index contributed by atoms with van der Waals surface area (Å²) in [7, 11) is -4.31. The van der Waals surface area contributed by atoms with Gasteiger partial charge in [0.1, 0.15) is 17.7 Å². The standard InChI is InChI=1S/C24H27F4N3O6S/c1-5-18(29-14(2)32)21-13-31(38(34,35)17-9-6-15(25)7-10-17)19-12-16(8-11-20(19)36-21)30-22(33)37-23(3,4)24(26,27)28/h6-12,18,21H,5,13H2,1-4H3,(H,29,32)(H,30,33)/t18-,21-/m1/s1. The number of fused-ring (bicyclic) bond motifs is 1. The topological polar surface area (TPSA) is 114 Å². The van der Waals surface area contributed by atoms with Gasteiger partial charge in [-0.2, -0.15) is 13.2 Å². The quantitative estimate of drug-likeness (QED) is 0.479. The van der Waals surface area contributed by atoms with Gasteiger partial charge in [0.2, 0.25) is 11.5 Å². The van der Waals surface area contributed by atoms with E-state index in [1.54, 1.807) is 6.92 Å². The summed E-state index contributed by atoms with van der Waals surface area (Å²) in [6.07, 6.45) is -6.65. The molecule has 2 aromatic rings. The molecule has 0 spiro atoms. The molecule has 0 unspecified atom stereocenters. The van der Waals surface area contributed by atoms with Gasteiger partial charge in [-0.15, -0.1) is 0 Å². The highest BCUT2D eigenvalue weighted by Gasteiger charge is 2.51. The van der Waals surface area contributed by atoms with Gasteiger partial charge in [-0.3, -0.25) is 14.4 Å². The van der Waals surface area contributed by atoms with Crippen molar-refractivity contribution in [2.75, 3.05) is 16.2 Å². The molecule has 0 fully saturated rings. The van der Waals surface area contributed by atoms with E-state index in [0.29, 0.717) is 20.3 Å². The smallest absolute Gasteiger partial charge is 0.427 e. The SMILES string of the molecule is CC[C@@H](NC(C)=O)[C@H]1CN(S(=O)(=O)c2ccc(F)cc2)c2cc(NC(=O)OC(C)(C)C(F)(F)F)ccc2O1. The summed E-state index contributed by atoms with van der Waals surface area (Å²) in [5.41, 5.74) is -2.88. The normalized spacial score (nSPS) is 16.6. The minimum absolute atomic E-state index is 0.0314. The first kappa shape index (κ1) is 29.0. The number of benzene rings is 2. The van der Waals surface area contributed by atoms with Crippen LogP contribution in [0, 0.1) is 5.82 Å². The van der Waals surface area contributed by atoms with E-state index in [1.807, 2.05) is 0 Å². The van der Waals surface area contributed by atoms with Crippen LogP contribution in [0.2, 0.25) is 0 Å². The number of halogens is 4. The number of sulfonamides is 1. The van der Waals surface area contributed by atoms with Crippen LogP contribution in [-0.2, 0) is 19.6 Å². The first-order valence-electron chi connectivity index (χ1n) is 11.5. The molecule has 1 aliphatic rings. The molecule has 14 heteroatoms. The van der Waals surface area contributed by atoms with Crippen molar-refractivity contribution in [1.29, 1.82) is 0 Å². The van der Waals surface area contributed by atoms with Crippen LogP contribution in [0.1, 0.15) is 34.1 Å². The third kappa shape index (κ3) is 6.29. The van der Waals surface area contributed by atoms with Crippen LogP contribution < -0.4 is 19.7 Å². The third-order valence-electron chi connectivity index (χ3n) is 5.81. The van der Waals surface area contributed by atoms with Crippen molar-refractivity contribution in [3.63, 3.8) is 0 Å². The Kier molecular flexibility index (Phi) is 8.15. The van der Waals surface area contributed by atoms with E-state index in [1.165, 1.54) is 25.1 Å². The van der Waals surface area contributed by atoms with E-state index in [-0.39, 0.29) is 34.5 Å². The van der Waals surface area contributed by atoms with E-state index >= 15 is 0 Å². The van der Waals surface area contributed by atoms with Crippen molar-refractivity contribution in [2.45, 2.75) is 62.9 Å².